The van der Waals surface area contributed by atoms with Gasteiger partial charge in [-0.3, -0.25) is 4.79 Å². The van der Waals surface area contributed by atoms with Crippen LogP contribution in [-0.2, 0) is 14.3 Å². The van der Waals surface area contributed by atoms with Crippen LogP contribution >= 0.6 is 0 Å². The molecule has 0 aromatic carbocycles. The molecule has 1 saturated carbocycles. The zero-order valence-corrected chi connectivity index (χ0v) is 9.94. The van der Waals surface area contributed by atoms with Gasteiger partial charge in [0.2, 0.25) is 0 Å². The Morgan fingerprint density at radius 1 is 1.44 bits per heavy atom. The van der Waals surface area contributed by atoms with E-state index in [9.17, 15) is 9.59 Å². The molecule has 16 heavy (non-hydrogen) atoms. The number of ether oxygens (including phenoxy) is 1. The Balaban J connectivity index is 2.51. The summed E-state index contributed by atoms with van der Waals surface area (Å²) in [5, 5.41) is 0. The predicted octanol–water partition coefficient (Wildman–Crippen LogP) is 0.278. The summed E-state index contributed by atoms with van der Waals surface area (Å²) in [5.41, 5.74) is 5.55. The zero-order chi connectivity index (χ0) is 12.1. The monoisotopic (exact) mass is 228 g/mol. The van der Waals surface area contributed by atoms with Crippen molar-refractivity contribution >= 4 is 11.9 Å². The summed E-state index contributed by atoms with van der Waals surface area (Å²) >= 11 is 0. The van der Waals surface area contributed by atoms with Gasteiger partial charge in [-0.1, -0.05) is 12.8 Å². The summed E-state index contributed by atoms with van der Waals surface area (Å²) in [4.78, 5) is 24.7. The molecule has 0 bridgehead atoms. The standard InChI is InChI=1S/C11H20N2O3/c1-3-16-11(15)9(12)10(14)13(2)8-6-4-5-7-8/h8-9H,3-7,12H2,1-2H3. The summed E-state index contributed by atoms with van der Waals surface area (Å²) in [6, 6.07) is -0.946. The Morgan fingerprint density at radius 2 is 2.00 bits per heavy atom. The molecule has 5 heteroatoms. The molecule has 1 atom stereocenters. The van der Waals surface area contributed by atoms with Gasteiger partial charge in [-0.25, -0.2) is 4.79 Å². The molecular formula is C11H20N2O3. The van der Waals surface area contributed by atoms with E-state index < -0.39 is 12.0 Å². The molecule has 0 aliphatic heterocycles. The van der Waals surface area contributed by atoms with E-state index >= 15 is 0 Å². The molecule has 0 saturated heterocycles. The maximum absolute atomic E-state index is 11.8. The van der Waals surface area contributed by atoms with Crippen LogP contribution in [0.1, 0.15) is 32.6 Å². The van der Waals surface area contributed by atoms with E-state index in [1.807, 2.05) is 0 Å². The van der Waals surface area contributed by atoms with Crippen molar-refractivity contribution in [1.82, 2.24) is 4.90 Å². The van der Waals surface area contributed by atoms with Crippen LogP contribution in [0.2, 0.25) is 0 Å². The second kappa shape index (κ2) is 5.84. The van der Waals surface area contributed by atoms with Crippen molar-refractivity contribution in [2.24, 2.45) is 5.73 Å². The van der Waals surface area contributed by atoms with Crippen LogP contribution in [-0.4, -0.2) is 42.5 Å². The van der Waals surface area contributed by atoms with E-state index in [2.05, 4.69) is 0 Å². The van der Waals surface area contributed by atoms with Crippen molar-refractivity contribution in [2.45, 2.75) is 44.7 Å². The maximum Gasteiger partial charge on any atom is 0.332 e. The molecule has 1 amide bonds. The first-order chi connectivity index (χ1) is 7.57. The van der Waals surface area contributed by atoms with Crippen LogP contribution in [0.25, 0.3) is 0 Å². The summed E-state index contributed by atoms with van der Waals surface area (Å²) in [5.74, 6) is -0.984. The van der Waals surface area contributed by atoms with Gasteiger partial charge in [0.05, 0.1) is 6.61 Å². The number of rotatable bonds is 4. The first kappa shape index (κ1) is 13.0. The molecule has 1 fully saturated rings. The van der Waals surface area contributed by atoms with E-state index in [-0.39, 0.29) is 18.6 Å². The molecule has 5 nitrogen and oxygen atoms in total. The number of carbonyl (C=O) groups is 2. The molecule has 1 unspecified atom stereocenters. The molecule has 0 heterocycles. The van der Waals surface area contributed by atoms with Gasteiger partial charge in [-0.2, -0.15) is 0 Å². The van der Waals surface area contributed by atoms with Crippen molar-refractivity contribution in [2.75, 3.05) is 13.7 Å². The number of nitrogens with zero attached hydrogens (tertiary/aromatic N) is 1. The topological polar surface area (TPSA) is 72.6 Å². The lowest BCUT2D eigenvalue weighted by molar-refractivity contribution is -0.151. The first-order valence-corrected chi connectivity index (χ1v) is 5.76. The number of nitrogens with two attached hydrogens (primary N) is 1. The van der Waals surface area contributed by atoms with E-state index in [0.29, 0.717) is 0 Å². The number of carbonyl (C=O) groups excluding carboxylic acids is 2. The fourth-order valence-electron chi connectivity index (χ4n) is 2.02. The number of likely N-dealkylation sites (N-methyl/N-ethyl adjacent to an activating group) is 1. The highest BCUT2D eigenvalue weighted by atomic mass is 16.5. The molecule has 0 aromatic heterocycles. The molecular weight excluding hydrogens is 208 g/mol. The highest BCUT2D eigenvalue weighted by molar-refractivity contribution is 6.01. The van der Waals surface area contributed by atoms with Crippen LogP contribution in [0.4, 0.5) is 0 Å². The van der Waals surface area contributed by atoms with Gasteiger partial charge in [0.15, 0.2) is 6.04 Å². The van der Waals surface area contributed by atoms with Crippen LogP contribution in [0, 0.1) is 0 Å². The van der Waals surface area contributed by atoms with Crippen molar-refractivity contribution < 1.29 is 14.3 Å². The second-order valence-electron chi connectivity index (χ2n) is 4.12. The molecule has 0 aromatic rings. The Hall–Kier alpha value is -1.10. The SMILES string of the molecule is CCOC(=O)C(N)C(=O)N(C)C1CCCC1. The molecule has 0 radical (unpaired) electrons. The van der Waals surface area contributed by atoms with Crippen LogP contribution < -0.4 is 5.73 Å². The minimum absolute atomic E-state index is 0.230. The number of hydrogen-bond acceptors (Lipinski definition) is 4. The predicted molar refractivity (Wildman–Crippen MR) is 59.6 cm³/mol. The van der Waals surface area contributed by atoms with Gasteiger partial charge in [-0.15, -0.1) is 0 Å². The number of esters is 1. The van der Waals surface area contributed by atoms with E-state index in [0.717, 1.165) is 25.7 Å². The summed E-state index contributed by atoms with van der Waals surface area (Å²) in [6.45, 7) is 1.93. The Morgan fingerprint density at radius 3 is 2.50 bits per heavy atom. The molecule has 1 rings (SSSR count). The Kier molecular flexibility index (Phi) is 4.73. The summed E-state index contributed by atoms with van der Waals surface area (Å²) in [7, 11) is 1.71. The van der Waals surface area contributed by atoms with E-state index in [4.69, 9.17) is 10.5 Å². The second-order valence-corrected chi connectivity index (χ2v) is 4.12. The lowest BCUT2D eigenvalue weighted by atomic mass is 10.2. The molecule has 0 spiro atoms. The average molecular weight is 228 g/mol. The zero-order valence-electron chi connectivity index (χ0n) is 9.94. The van der Waals surface area contributed by atoms with E-state index in [1.54, 1.807) is 18.9 Å². The van der Waals surface area contributed by atoms with Crippen molar-refractivity contribution in [1.29, 1.82) is 0 Å². The summed E-state index contributed by atoms with van der Waals surface area (Å²) in [6.07, 6.45) is 4.27. The van der Waals surface area contributed by atoms with Crippen LogP contribution in [0.15, 0.2) is 0 Å². The Labute approximate surface area is 95.9 Å². The largest absolute Gasteiger partial charge is 0.464 e. The average Bonchev–Trinajstić information content (AvgIpc) is 2.79. The lowest BCUT2D eigenvalue weighted by Crippen LogP contribution is -2.50. The van der Waals surface area contributed by atoms with Gasteiger partial charge in [-0.05, 0) is 19.8 Å². The number of hydrogen-bond donors (Lipinski definition) is 1. The number of amides is 1. The van der Waals surface area contributed by atoms with Crippen molar-refractivity contribution in [3.8, 4) is 0 Å². The summed E-state index contributed by atoms with van der Waals surface area (Å²) < 4.78 is 4.73. The third-order valence-corrected chi connectivity index (χ3v) is 3.03. The molecule has 2 N–H and O–H groups in total. The lowest BCUT2D eigenvalue weighted by Gasteiger charge is -2.26. The van der Waals surface area contributed by atoms with Gasteiger partial charge in [0, 0.05) is 13.1 Å². The molecule has 1 aliphatic rings. The molecule has 92 valence electrons. The van der Waals surface area contributed by atoms with Gasteiger partial charge in [0.25, 0.3) is 5.91 Å². The van der Waals surface area contributed by atoms with Gasteiger partial charge >= 0.3 is 5.97 Å². The maximum atomic E-state index is 11.8. The Bertz CT molecular complexity index is 262. The quantitative estimate of drug-likeness (QED) is 0.554. The minimum atomic E-state index is -1.18. The highest BCUT2D eigenvalue weighted by Crippen LogP contribution is 2.22. The fraction of sp³-hybridized carbons (Fsp3) is 0.818. The van der Waals surface area contributed by atoms with Gasteiger partial charge in [0.1, 0.15) is 0 Å². The molecule has 1 aliphatic carbocycles. The van der Waals surface area contributed by atoms with E-state index in [1.165, 1.54) is 0 Å². The first-order valence-electron chi connectivity index (χ1n) is 5.76. The van der Waals surface area contributed by atoms with Crippen LogP contribution in [0.3, 0.4) is 0 Å². The normalized spacial score (nSPS) is 18.2. The van der Waals surface area contributed by atoms with Gasteiger partial charge < -0.3 is 15.4 Å². The third kappa shape index (κ3) is 2.95. The third-order valence-electron chi connectivity index (χ3n) is 3.03. The highest BCUT2D eigenvalue weighted by Gasteiger charge is 2.31. The van der Waals surface area contributed by atoms with Crippen molar-refractivity contribution in [3.05, 3.63) is 0 Å². The smallest absolute Gasteiger partial charge is 0.332 e. The minimum Gasteiger partial charge on any atom is -0.464 e. The van der Waals surface area contributed by atoms with Crippen molar-refractivity contribution in [3.63, 3.8) is 0 Å². The van der Waals surface area contributed by atoms with Crippen LogP contribution in [0.5, 0.6) is 0 Å². The fourth-order valence-corrected chi connectivity index (χ4v) is 2.02.